The maximum Gasteiger partial charge on any atom is 0.0692 e. The second kappa shape index (κ2) is 5.16. The third-order valence-electron chi connectivity index (χ3n) is 2.31. The van der Waals surface area contributed by atoms with Crippen LogP contribution in [0, 0.1) is 0 Å². The Labute approximate surface area is 94.3 Å². The lowest BCUT2D eigenvalue weighted by Crippen LogP contribution is -2.08. The minimum Gasteiger partial charge on any atom is -0.397 e. The molecule has 1 aromatic carbocycles. The van der Waals surface area contributed by atoms with Crippen molar-refractivity contribution in [3.63, 3.8) is 0 Å². The molecule has 0 aliphatic rings. The van der Waals surface area contributed by atoms with Crippen LogP contribution in [0.1, 0.15) is 6.42 Å². The summed E-state index contributed by atoms with van der Waals surface area (Å²) >= 11 is 0. The Morgan fingerprint density at radius 1 is 1.31 bits per heavy atom. The van der Waals surface area contributed by atoms with Gasteiger partial charge in [-0.1, -0.05) is 17.3 Å². The monoisotopic (exact) mass is 217 g/mol. The molecule has 84 valence electrons. The lowest BCUT2D eigenvalue weighted by Gasteiger charge is -2.08. The van der Waals surface area contributed by atoms with Crippen molar-refractivity contribution < 1.29 is 0 Å². The van der Waals surface area contributed by atoms with Crippen LogP contribution in [0.25, 0.3) is 0 Å². The number of nitrogens with one attached hydrogen (secondary N) is 1. The van der Waals surface area contributed by atoms with E-state index in [9.17, 15) is 0 Å². The van der Waals surface area contributed by atoms with Gasteiger partial charge in [0.2, 0.25) is 0 Å². The van der Waals surface area contributed by atoms with E-state index in [4.69, 9.17) is 5.73 Å². The minimum absolute atomic E-state index is 0.781. The normalized spacial score (nSPS) is 10.2. The fourth-order valence-corrected chi connectivity index (χ4v) is 1.47. The lowest BCUT2D eigenvalue weighted by molar-refractivity contribution is 0.570. The van der Waals surface area contributed by atoms with Gasteiger partial charge >= 0.3 is 0 Å². The van der Waals surface area contributed by atoms with Crippen LogP contribution >= 0.6 is 0 Å². The van der Waals surface area contributed by atoms with Crippen molar-refractivity contribution in [3.05, 3.63) is 36.7 Å². The van der Waals surface area contributed by atoms with Gasteiger partial charge in [-0.2, -0.15) is 0 Å². The first-order valence-electron chi connectivity index (χ1n) is 5.29. The van der Waals surface area contributed by atoms with Crippen LogP contribution in [0.4, 0.5) is 11.4 Å². The first-order chi connectivity index (χ1) is 7.86. The van der Waals surface area contributed by atoms with Crippen LogP contribution in [0.5, 0.6) is 0 Å². The van der Waals surface area contributed by atoms with Crippen LogP contribution < -0.4 is 11.1 Å². The maximum absolute atomic E-state index is 5.81. The average Bonchev–Trinajstić information content (AvgIpc) is 2.79. The third kappa shape index (κ3) is 2.73. The molecule has 0 aliphatic heterocycles. The second-order valence-electron chi connectivity index (χ2n) is 3.53. The van der Waals surface area contributed by atoms with Crippen molar-refractivity contribution in [2.24, 2.45) is 0 Å². The average molecular weight is 217 g/mol. The number of rotatable bonds is 5. The number of aryl methyl sites for hydroxylation is 1. The summed E-state index contributed by atoms with van der Waals surface area (Å²) in [6.45, 7) is 1.73. The van der Waals surface area contributed by atoms with Gasteiger partial charge in [0.15, 0.2) is 0 Å². The number of hydrogen-bond acceptors (Lipinski definition) is 4. The van der Waals surface area contributed by atoms with E-state index in [0.717, 1.165) is 30.9 Å². The summed E-state index contributed by atoms with van der Waals surface area (Å²) in [5.41, 5.74) is 7.58. The highest BCUT2D eigenvalue weighted by atomic mass is 15.4. The maximum atomic E-state index is 5.81. The lowest BCUT2D eigenvalue weighted by atomic mass is 10.2. The molecule has 5 heteroatoms. The van der Waals surface area contributed by atoms with Crippen molar-refractivity contribution in [3.8, 4) is 0 Å². The predicted octanol–water partition coefficient (Wildman–Crippen LogP) is 1.36. The molecule has 0 fully saturated rings. The van der Waals surface area contributed by atoms with Gasteiger partial charge in [0.25, 0.3) is 0 Å². The molecule has 1 aromatic heterocycles. The largest absolute Gasteiger partial charge is 0.397 e. The quantitative estimate of drug-likeness (QED) is 0.586. The zero-order valence-electron chi connectivity index (χ0n) is 9.00. The highest BCUT2D eigenvalue weighted by molar-refractivity contribution is 5.65. The van der Waals surface area contributed by atoms with Crippen molar-refractivity contribution in [1.29, 1.82) is 0 Å². The number of anilines is 2. The molecule has 16 heavy (non-hydrogen) atoms. The summed E-state index contributed by atoms with van der Waals surface area (Å²) < 4.78 is 1.82. The molecule has 0 atom stereocenters. The Kier molecular flexibility index (Phi) is 3.38. The van der Waals surface area contributed by atoms with Gasteiger partial charge in [-0.3, -0.25) is 4.68 Å². The molecule has 2 rings (SSSR count). The number of aromatic nitrogens is 3. The molecule has 0 radical (unpaired) electrons. The minimum atomic E-state index is 0.781. The number of nitrogen functional groups attached to an aromatic ring is 1. The first-order valence-corrected chi connectivity index (χ1v) is 5.29. The molecule has 2 aromatic rings. The molecule has 3 N–H and O–H groups in total. The van der Waals surface area contributed by atoms with Gasteiger partial charge in [-0.05, 0) is 18.6 Å². The topological polar surface area (TPSA) is 68.8 Å². The van der Waals surface area contributed by atoms with Crippen molar-refractivity contribution >= 4 is 11.4 Å². The van der Waals surface area contributed by atoms with Gasteiger partial charge in [-0.15, -0.1) is 5.10 Å². The molecule has 0 unspecified atom stereocenters. The number of nitrogens with zero attached hydrogens (tertiary/aromatic N) is 3. The molecule has 0 bridgehead atoms. The summed E-state index contributed by atoms with van der Waals surface area (Å²) in [4.78, 5) is 0. The zero-order valence-corrected chi connectivity index (χ0v) is 9.00. The Hall–Kier alpha value is -2.04. The molecule has 0 amide bonds. The number of benzene rings is 1. The van der Waals surface area contributed by atoms with E-state index in [1.807, 2.05) is 35.1 Å². The van der Waals surface area contributed by atoms with Crippen LogP contribution in [0.3, 0.4) is 0 Å². The fraction of sp³-hybridized carbons (Fsp3) is 0.273. The SMILES string of the molecule is Nc1ccccc1NCCCn1ccnn1. The van der Waals surface area contributed by atoms with E-state index >= 15 is 0 Å². The predicted molar refractivity (Wildman–Crippen MR) is 64.0 cm³/mol. The van der Waals surface area contributed by atoms with Crippen LogP contribution in [0.15, 0.2) is 36.7 Å². The standard InChI is InChI=1S/C11H15N5/c12-10-4-1-2-5-11(10)13-6-3-8-16-9-7-14-15-16/h1-2,4-5,7,9,13H,3,6,8,12H2. The summed E-state index contributed by atoms with van der Waals surface area (Å²) in [7, 11) is 0. The summed E-state index contributed by atoms with van der Waals surface area (Å²) in [5.74, 6) is 0. The van der Waals surface area contributed by atoms with Crippen LogP contribution in [-0.2, 0) is 6.54 Å². The molecule has 0 saturated heterocycles. The molecule has 1 heterocycles. The van der Waals surface area contributed by atoms with Gasteiger partial charge in [0.1, 0.15) is 0 Å². The van der Waals surface area contributed by atoms with Crippen LogP contribution in [0.2, 0.25) is 0 Å². The Bertz CT molecular complexity index is 424. The van der Waals surface area contributed by atoms with Gasteiger partial charge in [0, 0.05) is 19.3 Å². The van der Waals surface area contributed by atoms with Crippen LogP contribution in [-0.4, -0.2) is 21.5 Å². The van der Waals surface area contributed by atoms with Crippen molar-refractivity contribution in [1.82, 2.24) is 15.0 Å². The second-order valence-corrected chi connectivity index (χ2v) is 3.53. The van der Waals surface area contributed by atoms with E-state index < -0.39 is 0 Å². The Balaban J connectivity index is 1.74. The Morgan fingerprint density at radius 2 is 2.19 bits per heavy atom. The number of nitrogens with two attached hydrogens (primary N) is 1. The molecular formula is C11H15N5. The number of para-hydroxylation sites is 2. The van der Waals surface area contributed by atoms with E-state index in [1.165, 1.54) is 0 Å². The smallest absolute Gasteiger partial charge is 0.0692 e. The zero-order chi connectivity index (χ0) is 11.2. The van der Waals surface area contributed by atoms with E-state index in [-0.39, 0.29) is 0 Å². The molecule has 0 saturated carbocycles. The highest BCUT2D eigenvalue weighted by Gasteiger charge is 1.96. The van der Waals surface area contributed by atoms with E-state index in [0.29, 0.717) is 0 Å². The Morgan fingerprint density at radius 3 is 2.94 bits per heavy atom. The van der Waals surface area contributed by atoms with E-state index in [1.54, 1.807) is 6.20 Å². The first kappa shape index (κ1) is 10.5. The molecule has 0 aliphatic carbocycles. The van der Waals surface area contributed by atoms with E-state index in [2.05, 4.69) is 15.6 Å². The highest BCUT2D eigenvalue weighted by Crippen LogP contribution is 2.16. The van der Waals surface area contributed by atoms with Crippen molar-refractivity contribution in [2.75, 3.05) is 17.6 Å². The third-order valence-corrected chi connectivity index (χ3v) is 2.31. The van der Waals surface area contributed by atoms with Gasteiger partial charge in [0.05, 0.1) is 17.6 Å². The van der Waals surface area contributed by atoms with Gasteiger partial charge < -0.3 is 11.1 Å². The summed E-state index contributed by atoms with van der Waals surface area (Å²) in [5, 5.41) is 10.9. The van der Waals surface area contributed by atoms with Gasteiger partial charge in [-0.25, -0.2) is 0 Å². The fourth-order valence-electron chi connectivity index (χ4n) is 1.47. The molecular weight excluding hydrogens is 202 g/mol. The number of hydrogen-bond donors (Lipinski definition) is 2. The molecule has 5 nitrogen and oxygen atoms in total. The summed E-state index contributed by atoms with van der Waals surface area (Å²) in [6.07, 6.45) is 4.52. The van der Waals surface area contributed by atoms with Crippen molar-refractivity contribution in [2.45, 2.75) is 13.0 Å². The molecule has 0 spiro atoms. The summed E-state index contributed by atoms with van der Waals surface area (Å²) in [6, 6.07) is 7.76.